The van der Waals surface area contributed by atoms with E-state index in [2.05, 4.69) is 0 Å². The molecular formula is C12H17NO5S. The first kappa shape index (κ1) is 15.5. The van der Waals surface area contributed by atoms with Crippen LogP contribution in [0.2, 0.25) is 0 Å². The van der Waals surface area contributed by atoms with Crippen molar-refractivity contribution in [3.05, 3.63) is 29.8 Å². The van der Waals surface area contributed by atoms with Crippen molar-refractivity contribution >= 4 is 16.0 Å². The molecule has 0 aliphatic carbocycles. The Hall–Kier alpha value is -1.60. The number of carbonyl (C=O) groups is 1. The van der Waals surface area contributed by atoms with E-state index in [1.165, 1.54) is 14.2 Å². The maximum atomic E-state index is 12.0. The molecule has 0 heterocycles. The third-order valence-corrected chi connectivity index (χ3v) is 4.91. The predicted octanol–water partition coefficient (Wildman–Crippen LogP) is 0.930. The summed E-state index contributed by atoms with van der Waals surface area (Å²) < 4.78 is 30.1. The Balaban J connectivity index is 2.96. The number of methoxy groups -OCH3 is 1. The highest BCUT2D eigenvalue weighted by molar-refractivity contribution is 7.90. The maximum absolute atomic E-state index is 12.0. The summed E-state index contributed by atoms with van der Waals surface area (Å²) in [6, 6.07) is 6.99. The van der Waals surface area contributed by atoms with Crippen LogP contribution in [0, 0.1) is 0 Å². The summed E-state index contributed by atoms with van der Waals surface area (Å²) >= 11 is 0. The van der Waals surface area contributed by atoms with Crippen LogP contribution in [0.3, 0.4) is 0 Å². The van der Waals surface area contributed by atoms with E-state index in [4.69, 9.17) is 9.84 Å². The minimum absolute atomic E-state index is 0.0595. The van der Waals surface area contributed by atoms with E-state index in [0.29, 0.717) is 11.3 Å². The lowest BCUT2D eigenvalue weighted by Gasteiger charge is -2.20. The van der Waals surface area contributed by atoms with Gasteiger partial charge in [-0.05, 0) is 13.0 Å². The molecule has 1 aromatic carbocycles. The second-order valence-corrected chi connectivity index (χ2v) is 6.45. The zero-order valence-corrected chi connectivity index (χ0v) is 11.8. The molecule has 1 rings (SSSR count). The molecule has 1 aromatic rings. The first-order chi connectivity index (χ1) is 8.80. The number of aliphatic carboxylic acids is 1. The quantitative estimate of drug-likeness (QED) is 0.841. The van der Waals surface area contributed by atoms with Crippen LogP contribution in [0.5, 0.6) is 5.75 Å². The zero-order chi connectivity index (χ0) is 14.6. The standard InChI is InChI=1S/C12H17NO5S/c1-9(12(14)15)19(16,17)13(2)8-10-6-4-5-7-11(10)18-3/h4-7,9H,8H2,1-3H3,(H,14,15). The highest BCUT2D eigenvalue weighted by atomic mass is 32.2. The van der Waals surface area contributed by atoms with Gasteiger partial charge in [-0.2, -0.15) is 4.31 Å². The van der Waals surface area contributed by atoms with E-state index in [1.807, 2.05) is 0 Å². The number of hydrogen-bond donors (Lipinski definition) is 1. The molecule has 0 amide bonds. The molecular weight excluding hydrogens is 270 g/mol. The van der Waals surface area contributed by atoms with Gasteiger partial charge in [-0.1, -0.05) is 18.2 Å². The van der Waals surface area contributed by atoms with Crippen LogP contribution >= 0.6 is 0 Å². The second-order valence-electron chi connectivity index (χ2n) is 4.09. The average Bonchev–Trinajstić information content (AvgIpc) is 2.38. The summed E-state index contributed by atoms with van der Waals surface area (Å²) in [6.07, 6.45) is 0. The fourth-order valence-corrected chi connectivity index (χ4v) is 2.67. The molecule has 7 heteroatoms. The van der Waals surface area contributed by atoms with Crippen LogP contribution in [0.4, 0.5) is 0 Å². The van der Waals surface area contributed by atoms with Crippen molar-refractivity contribution in [1.29, 1.82) is 0 Å². The van der Waals surface area contributed by atoms with Crippen molar-refractivity contribution < 1.29 is 23.1 Å². The Morgan fingerprint density at radius 1 is 1.42 bits per heavy atom. The zero-order valence-electron chi connectivity index (χ0n) is 11.0. The topological polar surface area (TPSA) is 83.9 Å². The Bertz CT molecular complexity index is 555. The fourth-order valence-electron chi connectivity index (χ4n) is 1.56. The molecule has 1 N–H and O–H groups in total. The van der Waals surface area contributed by atoms with E-state index in [1.54, 1.807) is 24.3 Å². The normalized spacial score (nSPS) is 13.3. The molecule has 0 aliphatic rings. The number of carboxylic acids is 1. The van der Waals surface area contributed by atoms with Gasteiger partial charge in [-0.15, -0.1) is 0 Å². The largest absolute Gasteiger partial charge is 0.496 e. The third-order valence-electron chi connectivity index (χ3n) is 2.81. The first-order valence-electron chi connectivity index (χ1n) is 5.60. The highest BCUT2D eigenvalue weighted by Gasteiger charge is 2.31. The summed E-state index contributed by atoms with van der Waals surface area (Å²) in [4.78, 5) is 10.8. The van der Waals surface area contributed by atoms with Gasteiger partial charge in [-0.3, -0.25) is 4.79 Å². The van der Waals surface area contributed by atoms with Crippen molar-refractivity contribution in [2.24, 2.45) is 0 Å². The van der Waals surface area contributed by atoms with E-state index in [0.717, 1.165) is 11.2 Å². The maximum Gasteiger partial charge on any atom is 0.323 e. The summed E-state index contributed by atoms with van der Waals surface area (Å²) in [5, 5.41) is 7.32. The van der Waals surface area contributed by atoms with Gasteiger partial charge in [0.15, 0.2) is 5.25 Å². The van der Waals surface area contributed by atoms with Crippen molar-refractivity contribution in [2.45, 2.75) is 18.7 Å². The minimum Gasteiger partial charge on any atom is -0.496 e. The van der Waals surface area contributed by atoms with Gasteiger partial charge in [0, 0.05) is 19.2 Å². The molecule has 1 unspecified atom stereocenters. The van der Waals surface area contributed by atoms with Gasteiger partial charge in [-0.25, -0.2) is 8.42 Å². The van der Waals surface area contributed by atoms with Gasteiger partial charge >= 0.3 is 5.97 Å². The average molecular weight is 287 g/mol. The second kappa shape index (κ2) is 6.03. The van der Waals surface area contributed by atoms with E-state index >= 15 is 0 Å². The van der Waals surface area contributed by atoms with Gasteiger partial charge in [0.05, 0.1) is 7.11 Å². The Morgan fingerprint density at radius 2 is 2.00 bits per heavy atom. The molecule has 0 radical (unpaired) electrons. The number of nitrogens with zero attached hydrogens (tertiary/aromatic N) is 1. The molecule has 1 atom stereocenters. The molecule has 0 saturated heterocycles. The number of benzene rings is 1. The Kier molecular flexibility index (Phi) is 4.90. The molecule has 0 fully saturated rings. The minimum atomic E-state index is -3.88. The van der Waals surface area contributed by atoms with Crippen molar-refractivity contribution in [1.82, 2.24) is 4.31 Å². The number of ether oxygens (including phenoxy) is 1. The fraction of sp³-hybridized carbons (Fsp3) is 0.417. The van der Waals surface area contributed by atoms with Crippen LogP contribution in [-0.2, 0) is 21.4 Å². The smallest absolute Gasteiger partial charge is 0.323 e. The highest BCUT2D eigenvalue weighted by Crippen LogP contribution is 2.20. The predicted molar refractivity (Wildman–Crippen MR) is 70.5 cm³/mol. The summed E-state index contributed by atoms with van der Waals surface area (Å²) in [6.45, 7) is 1.21. The van der Waals surface area contributed by atoms with Gasteiger partial charge < -0.3 is 9.84 Å². The summed E-state index contributed by atoms with van der Waals surface area (Å²) in [5.74, 6) is -0.806. The number of rotatable bonds is 6. The molecule has 0 spiro atoms. The lowest BCUT2D eigenvalue weighted by atomic mass is 10.2. The lowest BCUT2D eigenvalue weighted by Crippen LogP contribution is -2.38. The summed E-state index contributed by atoms with van der Waals surface area (Å²) in [7, 11) is -1.04. The number of hydrogen-bond acceptors (Lipinski definition) is 4. The van der Waals surface area contributed by atoms with Crippen molar-refractivity contribution in [2.75, 3.05) is 14.2 Å². The molecule has 19 heavy (non-hydrogen) atoms. The third kappa shape index (κ3) is 3.45. The van der Waals surface area contributed by atoms with E-state index in [-0.39, 0.29) is 6.54 Å². The van der Waals surface area contributed by atoms with E-state index < -0.39 is 21.2 Å². The van der Waals surface area contributed by atoms with Crippen molar-refractivity contribution in [3.63, 3.8) is 0 Å². The number of sulfonamides is 1. The van der Waals surface area contributed by atoms with Gasteiger partial charge in [0.1, 0.15) is 5.75 Å². The van der Waals surface area contributed by atoms with Crippen LogP contribution in [0.15, 0.2) is 24.3 Å². The Labute approximate surface area is 112 Å². The first-order valence-corrected chi connectivity index (χ1v) is 7.11. The molecule has 0 saturated carbocycles. The SMILES string of the molecule is COc1ccccc1CN(C)S(=O)(=O)C(C)C(=O)O. The summed E-state index contributed by atoms with van der Waals surface area (Å²) in [5.41, 5.74) is 0.675. The number of para-hydroxylation sites is 1. The lowest BCUT2D eigenvalue weighted by molar-refractivity contribution is -0.136. The number of carboxylic acid groups (broad SMARTS) is 1. The van der Waals surface area contributed by atoms with Crippen LogP contribution in [0.25, 0.3) is 0 Å². The van der Waals surface area contributed by atoms with Gasteiger partial charge in [0.2, 0.25) is 10.0 Å². The van der Waals surface area contributed by atoms with Crippen LogP contribution in [0.1, 0.15) is 12.5 Å². The Morgan fingerprint density at radius 3 is 2.53 bits per heavy atom. The molecule has 6 nitrogen and oxygen atoms in total. The van der Waals surface area contributed by atoms with E-state index in [9.17, 15) is 13.2 Å². The molecule has 0 aromatic heterocycles. The van der Waals surface area contributed by atoms with Gasteiger partial charge in [0.25, 0.3) is 0 Å². The molecule has 0 bridgehead atoms. The van der Waals surface area contributed by atoms with Crippen molar-refractivity contribution in [3.8, 4) is 5.75 Å². The van der Waals surface area contributed by atoms with Crippen LogP contribution < -0.4 is 4.74 Å². The molecule has 106 valence electrons. The monoisotopic (exact) mass is 287 g/mol. The van der Waals surface area contributed by atoms with Crippen LogP contribution in [-0.4, -0.2) is 43.2 Å². The molecule has 0 aliphatic heterocycles.